The number of sulfonamides is 1. The Morgan fingerprint density at radius 3 is 2.46 bits per heavy atom. The van der Waals surface area contributed by atoms with E-state index in [1.807, 2.05) is 41.3 Å². The molecule has 0 saturated heterocycles. The lowest BCUT2D eigenvalue weighted by Gasteiger charge is -2.08. The van der Waals surface area contributed by atoms with Crippen LogP contribution in [0.25, 0.3) is 11.3 Å². The smallest absolute Gasteiger partial charge is 0.241 e. The van der Waals surface area contributed by atoms with Gasteiger partial charge in [0, 0.05) is 18.0 Å². The van der Waals surface area contributed by atoms with Crippen LogP contribution in [0.3, 0.4) is 0 Å². The topological polar surface area (TPSA) is 72.7 Å². The molecular weight excluding hydrogens is 441 g/mol. The van der Waals surface area contributed by atoms with Crippen molar-refractivity contribution in [2.24, 2.45) is 12.0 Å². The number of nitrogens with one attached hydrogen (secondary N) is 1. The van der Waals surface area contributed by atoms with Crippen molar-refractivity contribution in [1.82, 2.24) is 9.29 Å². The van der Waals surface area contributed by atoms with Gasteiger partial charge >= 0.3 is 0 Å². The van der Waals surface area contributed by atoms with Crippen molar-refractivity contribution in [3.63, 3.8) is 0 Å². The summed E-state index contributed by atoms with van der Waals surface area (Å²) in [6.45, 7) is 0. The van der Waals surface area contributed by atoms with Crippen molar-refractivity contribution in [3.8, 4) is 17.0 Å². The van der Waals surface area contributed by atoms with Gasteiger partial charge in [-0.25, -0.2) is 18.1 Å². The zero-order chi connectivity index (χ0) is 19.6. The van der Waals surface area contributed by atoms with Crippen LogP contribution >= 0.6 is 35.3 Å². The minimum atomic E-state index is -3.64. The van der Waals surface area contributed by atoms with Crippen LogP contribution in [0, 0.1) is 0 Å². The van der Waals surface area contributed by atoms with E-state index < -0.39 is 10.0 Å². The molecule has 0 bridgehead atoms. The predicted molar refractivity (Wildman–Crippen MR) is 115 cm³/mol. The molecule has 0 radical (unpaired) electrons. The standard InChI is InChI=1S/C18H18ClN3O3S2.ClH/c1-20-27(23,24)17-10-12(4-9-15(17)19)16-11-26-18(22(16)2)21-13-5-7-14(25-3)8-6-13;/h4-11,20H,1-3H3;1H/b21-18+;. The van der Waals surface area contributed by atoms with E-state index in [9.17, 15) is 8.42 Å². The Bertz CT molecular complexity index is 1140. The first-order chi connectivity index (χ1) is 12.9. The highest BCUT2D eigenvalue weighted by atomic mass is 35.5. The van der Waals surface area contributed by atoms with Gasteiger partial charge in [0.25, 0.3) is 0 Å². The van der Waals surface area contributed by atoms with E-state index in [0.717, 1.165) is 27.5 Å². The number of hydrogen-bond acceptors (Lipinski definition) is 5. The summed E-state index contributed by atoms with van der Waals surface area (Å²) in [7, 11) is 1.21. The van der Waals surface area contributed by atoms with Crippen LogP contribution in [0.4, 0.5) is 5.69 Å². The summed E-state index contributed by atoms with van der Waals surface area (Å²) in [6, 6.07) is 12.4. The number of aromatic nitrogens is 1. The Labute approximate surface area is 178 Å². The Kier molecular flexibility index (Phi) is 7.30. The van der Waals surface area contributed by atoms with Gasteiger partial charge in [-0.3, -0.25) is 0 Å². The van der Waals surface area contributed by atoms with E-state index in [1.54, 1.807) is 25.3 Å². The monoisotopic (exact) mass is 459 g/mol. The van der Waals surface area contributed by atoms with Gasteiger partial charge in [-0.1, -0.05) is 17.7 Å². The van der Waals surface area contributed by atoms with Gasteiger partial charge < -0.3 is 9.30 Å². The van der Waals surface area contributed by atoms with Gasteiger partial charge in [0.05, 0.1) is 23.5 Å². The summed E-state index contributed by atoms with van der Waals surface area (Å²) >= 11 is 7.54. The fraction of sp³-hybridized carbons (Fsp3) is 0.167. The molecule has 1 heterocycles. The Morgan fingerprint density at radius 2 is 1.86 bits per heavy atom. The lowest BCUT2D eigenvalue weighted by molar-refractivity contribution is 0.415. The van der Waals surface area contributed by atoms with Gasteiger partial charge in [0.2, 0.25) is 10.0 Å². The van der Waals surface area contributed by atoms with Gasteiger partial charge in [0.15, 0.2) is 4.80 Å². The zero-order valence-corrected chi connectivity index (χ0v) is 18.5. The van der Waals surface area contributed by atoms with Crippen molar-refractivity contribution < 1.29 is 13.2 Å². The Hall–Kier alpha value is -1.84. The maximum Gasteiger partial charge on any atom is 0.241 e. The zero-order valence-electron chi connectivity index (χ0n) is 15.3. The molecule has 1 aromatic heterocycles. The molecule has 150 valence electrons. The first-order valence-electron chi connectivity index (χ1n) is 7.92. The molecule has 3 aromatic rings. The normalized spacial score (nSPS) is 11.9. The van der Waals surface area contributed by atoms with Gasteiger partial charge in [-0.15, -0.1) is 23.7 Å². The molecule has 1 N–H and O–H groups in total. The molecule has 0 amide bonds. The summed E-state index contributed by atoms with van der Waals surface area (Å²) in [6.07, 6.45) is 0. The molecule has 0 fully saturated rings. The molecule has 28 heavy (non-hydrogen) atoms. The maximum absolute atomic E-state index is 12.2. The fourth-order valence-corrected chi connectivity index (χ4v) is 4.65. The van der Waals surface area contributed by atoms with Gasteiger partial charge in [-0.05, 0) is 43.4 Å². The third-order valence-electron chi connectivity index (χ3n) is 4.01. The summed E-state index contributed by atoms with van der Waals surface area (Å²) in [4.78, 5) is 5.46. The second kappa shape index (κ2) is 9.11. The molecule has 0 spiro atoms. The van der Waals surface area contributed by atoms with E-state index in [-0.39, 0.29) is 22.3 Å². The number of hydrogen-bond donors (Lipinski definition) is 1. The summed E-state index contributed by atoms with van der Waals surface area (Å²) in [5, 5.41) is 2.11. The number of methoxy groups -OCH3 is 1. The molecule has 0 unspecified atom stereocenters. The molecule has 0 aliphatic heterocycles. The Morgan fingerprint density at radius 1 is 1.18 bits per heavy atom. The molecule has 0 aliphatic rings. The molecule has 10 heteroatoms. The largest absolute Gasteiger partial charge is 0.497 e. The molecule has 0 atom stereocenters. The average molecular weight is 460 g/mol. The van der Waals surface area contributed by atoms with Crippen molar-refractivity contribution in [2.45, 2.75) is 4.90 Å². The van der Waals surface area contributed by atoms with Crippen LogP contribution in [-0.4, -0.2) is 27.1 Å². The fourth-order valence-electron chi connectivity index (χ4n) is 2.48. The number of thiazole rings is 1. The van der Waals surface area contributed by atoms with Crippen LogP contribution in [0.5, 0.6) is 5.75 Å². The summed E-state index contributed by atoms with van der Waals surface area (Å²) in [5.41, 5.74) is 2.38. The van der Waals surface area contributed by atoms with Crippen molar-refractivity contribution in [3.05, 3.63) is 57.7 Å². The van der Waals surface area contributed by atoms with Crippen LogP contribution in [-0.2, 0) is 17.1 Å². The molecule has 3 rings (SSSR count). The minimum Gasteiger partial charge on any atom is -0.497 e. The van der Waals surface area contributed by atoms with E-state index in [0.29, 0.717) is 0 Å². The second-order valence-corrected chi connectivity index (χ2v) is 8.72. The minimum absolute atomic E-state index is 0. The van der Waals surface area contributed by atoms with E-state index in [1.165, 1.54) is 18.4 Å². The van der Waals surface area contributed by atoms with Gasteiger partial charge in [-0.2, -0.15) is 0 Å². The number of ether oxygens (including phenoxy) is 1. The molecule has 0 saturated carbocycles. The van der Waals surface area contributed by atoms with Crippen LogP contribution in [0.15, 0.2) is 57.7 Å². The average Bonchev–Trinajstić information content (AvgIpc) is 3.03. The highest BCUT2D eigenvalue weighted by molar-refractivity contribution is 7.89. The maximum atomic E-state index is 12.2. The third kappa shape index (κ3) is 4.59. The quantitative estimate of drug-likeness (QED) is 0.626. The highest BCUT2D eigenvalue weighted by Crippen LogP contribution is 2.28. The van der Waals surface area contributed by atoms with Crippen molar-refractivity contribution in [1.29, 1.82) is 0 Å². The summed E-state index contributed by atoms with van der Waals surface area (Å²) < 4.78 is 33.7. The molecule has 6 nitrogen and oxygen atoms in total. The molecular formula is C18H19Cl2N3O3S2. The number of nitrogens with zero attached hydrogens (tertiary/aromatic N) is 2. The van der Waals surface area contributed by atoms with Crippen molar-refractivity contribution in [2.75, 3.05) is 14.2 Å². The van der Waals surface area contributed by atoms with Gasteiger partial charge in [0.1, 0.15) is 10.6 Å². The third-order valence-corrected chi connectivity index (χ3v) is 6.82. The molecule has 2 aromatic carbocycles. The van der Waals surface area contributed by atoms with E-state index >= 15 is 0 Å². The predicted octanol–water partition coefficient (Wildman–Crippen LogP) is 3.98. The lowest BCUT2D eigenvalue weighted by atomic mass is 10.2. The van der Waals surface area contributed by atoms with E-state index in [2.05, 4.69) is 9.71 Å². The van der Waals surface area contributed by atoms with Crippen molar-refractivity contribution >= 4 is 51.1 Å². The highest BCUT2D eigenvalue weighted by Gasteiger charge is 2.17. The van der Waals surface area contributed by atoms with Crippen LogP contribution in [0.2, 0.25) is 5.02 Å². The Balaban J connectivity index is 0.00000280. The summed E-state index contributed by atoms with van der Waals surface area (Å²) in [5.74, 6) is 0.768. The van der Waals surface area contributed by atoms with Crippen LogP contribution < -0.4 is 14.3 Å². The first-order valence-corrected chi connectivity index (χ1v) is 10.7. The SMILES string of the molecule is CNS(=O)(=O)c1cc(-c2cs/c(=N/c3ccc(OC)cc3)n2C)ccc1Cl.Cl. The number of rotatable bonds is 5. The van der Waals surface area contributed by atoms with Crippen LogP contribution in [0.1, 0.15) is 0 Å². The molecule has 0 aliphatic carbocycles. The first kappa shape index (κ1) is 22.4. The number of benzene rings is 2. The lowest BCUT2D eigenvalue weighted by Crippen LogP contribution is -2.19. The van der Waals surface area contributed by atoms with E-state index in [4.69, 9.17) is 16.3 Å². The second-order valence-electron chi connectivity index (χ2n) is 5.63. The number of halogens is 2.